The largest absolute Gasteiger partial charge is 0.388 e. The Morgan fingerprint density at radius 2 is 2.00 bits per heavy atom. The van der Waals surface area contributed by atoms with Gasteiger partial charge in [-0.05, 0) is 19.4 Å². The van der Waals surface area contributed by atoms with E-state index in [-0.39, 0.29) is 6.61 Å². The summed E-state index contributed by atoms with van der Waals surface area (Å²) in [6.45, 7) is 3.59. The summed E-state index contributed by atoms with van der Waals surface area (Å²) in [5.74, 6) is 2.56. The molecule has 0 aliphatic heterocycles. The van der Waals surface area contributed by atoms with Crippen LogP contribution in [0, 0.1) is 12.3 Å². The topological polar surface area (TPSA) is 29.5 Å². The fourth-order valence-electron chi connectivity index (χ4n) is 1.16. The first-order valence-corrected chi connectivity index (χ1v) is 4.88. The maximum absolute atomic E-state index is 9.52. The molecule has 0 heterocycles. The third-order valence-electron chi connectivity index (χ3n) is 1.86. The predicted molar refractivity (Wildman–Crippen MR) is 60.3 cm³/mol. The van der Waals surface area contributed by atoms with Gasteiger partial charge < -0.3 is 9.84 Å². The van der Waals surface area contributed by atoms with Gasteiger partial charge in [-0.3, -0.25) is 0 Å². The molecule has 0 amide bonds. The van der Waals surface area contributed by atoms with Gasteiger partial charge in [0.1, 0.15) is 6.10 Å². The van der Waals surface area contributed by atoms with Gasteiger partial charge in [0.25, 0.3) is 0 Å². The van der Waals surface area contributed by atoms with E-state index in [0.717, 1.165) is 5.56 Å². The molecule has 1 atom stereocenters. The molecular formula is C13H16O2. The van der Waals surface area contributed by atoms with E-state index < -0.39 is 11.7 Å². The Bertz CT molecular complexity index is 330. The molecule has 0 aliphatic rings. The summed E-state index contributed by atoms with van der Waals surface area (Å²) >= 11 is 0. The lowest BCUT2D eigenvalue weighted by Gasteiger charge is -2.20. The first-order chi connectivity index (χ1) is 7.03. The van der Waals surface area contributed by atoms with Gasteiger partial charge >= 0.3 is 0 Å². The third kappa shape index (κ3) is 4.16. The first kappa shape index (κ1) is 11.8. The van der Waals surface area contributed by atoms with E-state index in [0.29, 0.717) is 0 Å². The lowest BCUT2D eigenvalue weighted by atomic mass is 10.1. The minimum atomic E-state index is -0.857. The van der Waals surface area contributed by atoms with E-state index in [1.54, 1.807) is 13.8 Å². The maximum atomic E-state index is 9.52. The van der Waals surface area contributed by atoms with E-state index in [4.69, 9.17) is 11.2 Å². The van der Waals surface area contributed by atoms with Crippen LogP contribution in [0.15, 0.2) is 30.3 Å². The summed E-state index contributed by atoms with van der Waals surface area (Å²) in [7, 11) is 0. The summed E-state index contributed by atoms with van der Waals surface area (Å²) in [5.41, 5.74) is 0.0772. The van der Waals surface area contributed by atoms with Crippen LogP contribution < -0.4 is 0 Å². The summed E-state index contributed by atoms with van der Waals surface area (Å²) in [4.78, 5) is 0. The number of hydrogen-bond acceptors (Lipinski definition) is 2. The second-order valence-electron chi connectivity index (χ2n) is 4.08. The number of aliphatic hydroxyl groups is 1. The second kappa shape index (κ2) is 4.97. The number of terminal acetylenes is 1. The lowest BCUT2D eigenvalue weighted by Crippen LogP contribution is -2.27. The summed E-state index contributed by atoms with van der Waals surface area (Å²) in [5, 5.41) is 9.52. The van der Waals surface area contributed by atoms with Gasteiger partial charge in [-0.2, -0.15) is 0 Å². The molecule has 0 saturated carbocycles. The molecular weight excluding hydrogens is 188 g/mol. The Balaban J connectivity index is 2.63. The van der Waals surface area contributed by atoms with Gasteiger partial charge in [-0.25, -0.2) is 0 Å². The van der Waals surface area contributed by atoms with Crippen molar-refractivity contribution in [2.45, 2.75) is 25.6 Å². The quantitative estimate of drug-likeness (QED) is 0.761. The van der Waals surface area contributed by atoms with E-state index >= 15 is 0 Å². The van der Waals surface area contributed by atoms with Crippen LogP contribution in [0.1, 0.15) is 25.5 Å². The van der Waals surface area contributed by atoms with Crippen molar-refractivity contribution >= 4 is 0 Å². The van der Waals surface area contributed by atoms with E-state index in [2.05, 4.69) is 5.92 Å². The Hall–Kier alpha value is -1.30. The Morgan fingerprint density at radius 1 is 1.40 bits per heavy atom. The van der Waals surface area contributed by atoms with Gasteiger partial charge in [0, 0.05) is 0 Å². The van der Waals surface area contributed by atoms with Crippen LogP contribution in [0.2, 0.25) is 0 Å². The molecule has 0 saturated heterocycles. The van der Waals surface area contributed by atoms with Gasteiger partial charge in [0.05, 0.1) is 12.2 Å². The molecule has 0 spiro atoms. The normalized spacial score (nSPS) is 13.2. The smallest absolute Gasteiger partial charge is 0.143 e. The maximum Gasteiger partial charge on any atom is 0.143 e. The lowest BCUT2D eigenvalue weighted by molar-refractivity contribution is -0.0379. The zero-order valence-corrected chi connectivity index (χ0v) is 9.10. The SMILES string of the molecule is C#CC(OCC(C)(C)O)c1ccccc1. The monoisotopic (exact) mass is 204 g/mol. The van der Waals surface area contributed by atoms with Crippen molar-refractivity contribution in [1.29, 1.82) is 0 Å². The van der Waals surface area contributed by atoms with Gasteiger partial charge in [-0.15, -0.1) is 6.42 Å². The highest BCUT2D eigenvalue weighted by Crippen LogP contribution is 2.17. The highest BCUT2D eigenvalue weighted by molar-refractivity contribution is 5.23. The highest BCUT2D eigenvalue weighted by Gasteiger charge is 2.16. The first-order valence-electron chi connectivity index (χ1n) is 4.88. The number of hydrogen-bond donors (Lipinski definition) is 1. The van der Waals surface area contributed by atoms with Crippen LogP contribution >= 0.6 is 0 Å². The van der Waals surface area contributed by atoms with Crippen molar-refractivity contribution < 1.29 is 9.84 Å². The van der Waals surface area contributed by atoms with Crippen molar-refractivity contribution in [3.8, 4) is 12.3 Å². The average Bonchev–Trinajstić information content (AvgIpc) is 2.19. The number of ether oxygens (including phenoxy) is 1. The van der Waals surface area contributed by atoms with E-state index in [9.17, 15) is 5.11 Å². The standard InChI is InChI=1S/C13H16O2/c1-4-12(15-10-13(2,3)14)11-8-6-5-7-9-11/h1,5-9,12,14H,10H2,2-3H3. The van der Waals surface area contributed by atoms with E-state index in [1.165, 1.54) is 0 Å². The summed E-state index contributed by atoms with van der Waals surface area (Å²) in [6.07, 6.45) is 4.99. The van der Waals surface area contributed by atoms with Crippen LogP contribution in [-0.2, 0) is 4.74 Å². The molecule has 2 nitrogen and oxygen atoms in total. The average molecular weight is 204 g/mol. The Labute approximate surface area is 90.9 Å². The summed E-state index contributed by atoms with van der Waals surface area (Å²) in [6, 6.07) is 9.57. The fourth-order valence-corrected chi connectivity index (χ4v) is 1.16. The fraction of sp³-hybridized carbons (Fsp3) is 0.385. The molecule has 0 aromatic heterocycles. The number of rotatable bonds is 4. The van der Waals surface area contributed by atoms with Crippen molar-refractivity contribution in [2.75, 3.05) is 6.61 Å². The molecule has 1 aromatic carbocycles. The molecule has 1 rings (SSSR count). The minimum absolute atomic E-state index is 0.219. The second-order valence-corrected chi connectivity index (χ2v) is 4.08. The Morgan fingerprint density at radius 3 is 2.47 bits per heavy atom. The molecule has 80 valence electrons. The molecule has 0 aliphatic carbocycles. The number of benzene rings is 1. The Kier molecular flexibility index (Phi) is 3.90. The van der Waals surface area contributed by atoms with Crippen molar-refractivity contribution in [2.24, 2.45) is 0 Å². The molecule has 0 radical (unpaired) electrons. The van der Waals surface area contributed by atoms with Gasteiger partial charge in [0.15, 0.2) is 0 Å². The molecule has 1 unspecified atom stereocenters. The third-order valence-corrected chi connectivity index (χ3v) is 1.86. The zero-order valence-electron chi connectivity index (χ0n) is 9.10. The highest BCUT2D eigenvalue weighted by atomic mass is 16.5. The van der Waals surface area contributed by atoms with Gasteiger partial charge in [0.2, 0.25) is 0 Å². The van der Waals surface area contributed by atoms with Crippen LogP contribution in [0.4, 0.5) is 0 Å². The van der Waals surface area contributed by atoms with Crippen LogP contribution in [0.25, 0.3) is 0 Å². The van der Waals surface area contributed by atoms with Crippen LogP contribution in [0.3, 0.4) is 0 Å². The molecule has 0 fully saturated rings. The van der Waals surface area contributed by atoms with Crippen molar-refractivity contribution in [3.05, 3.63) is 35.9 Å². The molecule has 2 heteroatoms. The van der Waals surface area contributed by atoms with Crippen LogP contribution in [0.5, 0.6) is 0 Å². The molecule has 1 aromatic rings. The zero-order chi connectivity index (χ0) is 11.3. The molecule has 15 heavy (non-hydrogen) atoms. The summed E-state index contributed by atoms with van der Waals surface area (Å²) < 4.78 is 5.46. The predicted octanol–water partition coefficient (Wildman–Crippen LogP) is 2.15. The van der Waals surface area contributed by atoms with E-state index in [1.807, 2.05) is 30.3 Å². The van der Waals surface area contributed by atoms with Crippen molar-refractivity contribution in [1.82, 2.24) is 0 Å². The van der Waals surface area contributed by atoms with Crippen molar-refractivity contribution in [3.63, 3.8) is 0 Å². The molecule has 0 bridgehead atoms. The minimum Gasteiger partial charge on any atom is -0.388 e. The molecule has 1 N–H and O–H groups in total. The van der Waals surface area contributed by atoms with Crippen LogP contribution in [-0.4, -0.2) is 17.3 Å². The van der Waals surface area contributed by atoms with Gasteiger partial charge in [-0.1, -0.05) is 36.3 Å².